The molecule has 200 valence electrons. The summed E-state index contributed by atoms with van der Waals surface area (Å²) in [5, 5.41) is 3.37. The average molecular weight is 493 g/mol. The van der Waals surface area contributed by atoms with Gasteiger partial charge in [-0.2, -0.15) is 0 Å². The Labute approximate surface area is 212 Å². The Morgan fingerprint density at radius 2 is 1.80 bits per heavy atom. The zero-order valence-electron chi connectivity index (χ0n) is 22.6. The van der Waals surface area contributed by atoms with E-state index in [1.54, 1.807) is 0 Å². The van der Waals surface area contributed by atoms with Gasteiger partial charge in [0.2, 0.25) is 11.8 Å². The molecule has 3 atom stereocenters. The third-order valence-electron chi connectivity index (χ3n) is 8.17. The number of nitrogens with zero attached hydrogens (tertiary/aromatic N) is 3. The topological polar surface area (TPSA) is 74.3 Å². The standard InChI is InChI=1S/C27H48N4O4/c1-19(2)13-23-25(32)31(12-8-28-23)24(14-20(3)4)26(33)30-11-7-27(15-21(30)5)34-17-22(18-35-27)16-29-9-6-10-29/h19-24,28H,6-18H2,1-5H3/t21-,22-,23-,24-,27+/m0/s1. The molecule has 0 aromatic carbocycles. The van der Waals surface area contributed by atoms with E-state index in [0.29, 0.717) is 50.1 Å². The van der Waals surface area contributed by atoms with E-state index in [1.165, 1.54) is 19.5 Å². The highest BCUT2D eigenvalue weighted by Gasteiger charge is 2.47. The van der Waals surface area contributed by atoms with E-state index in [0.717, 1.165) is 32.7 Å². The summed E-state index contributed by atoms with van der Waals surface area (Å²) in [6.45, 7) is 17.5. The summed E-state index contributed by atoms with van der Waals surface area (Å²) in [7, 11) is 0. The minimum absolute atomic E-state index is 0.0160. The van der Waals surface area contributed by atoms with Crippen LogP contribution in [0.1, 0.15) is 66.7 Å². The molecular formula is C27H48N4O4. The van der Waals surface area contributed by atoms with Crippen LogP contribution in [0, 0.1) is 17.8 Å². The predicted octanol–water partition coefficient (Wildman–Crippen LogP) is 2.32. The summed E-state index contributed by atoms with van der Waals surface area (Å²) < 4.78 is 12.7. The molecule has 0 aromatic rings. The molecule has 2 amide bonds. The lowest BCUT2D eigenvalue weighted by Crippen LogP contribution is -2.64. The lowest BCUT2D eigenvalue weighted by Gasteiger charge is -2.50. The fraction of sp³-hybridized carbons (Fsp3) is 0.926. The molecule has 4 fully saturated rings. The lowest BCUT2D eigenvalue weighted by molar-refractivity contribution is -0.304. The van der Waals surface area contributed by atoms with Gasteiger partial charge in [-0.25, -0.2) is 0 Å². The molecule has 4 saturated heterocycles. The summed E-state index contributed by atoms with van der Waals surface area (Å²) >= 11 is 0. The number of piperidine rings is 1. The van der Waals surface area contributed by atoms with Crippen LogP contribution in [0.25, 0.3) is 0 Å². The first-order valence-corrected chi connectivity index (χ1v) is 14.0. The lowest BCUT2D eigenvalue weighted by atomic mass is 9.92. The van der Waals surface area contributed by atoms with Gasteiger partial charge in [0.1, 0.15) is 6.04 Å². The number of likely N-dealkylation sites (tertiary alicyclic amines) is 2. The number of hydrogen-bond donors (Lipinski definition) is 1. The molecule has 4 heterocycles. The number of ether oxygens (including phenoxy) is 2. The van der Waals surface area contributed by atoms with Gasteiger partial charge in [0.25, 0.3) is 0 Å². The van der Waals surface area contributed by atoms with Crippen molar-refractivity contribution in [2.75, 3.05) is 52.5 Å². The Balaban J connectivity index is 1.38. The first-order chi connectivity index (χ1) is 16.7. The average Bonchev–Trinajstić information content (AvgIpc) is 2.77. The molecule has 0 aromatic heterocycles. The van der Waals surface area contributed by atoms with E-state index in [4.69, 9.17) is 9.47 Å². The summed E-state index contributed by atoms with van der Waals surface area (Å²) in [6, 6.07) is -0.575. The quantitative estimate of drug-likeness (QED) is 0.561. The summed E-state index contributed by atoms with van der Waals surface area (Å²) in [4.78, 5) is 33.6. The van der Waals surface area contributed by atoms with E-state index < -0.39 is 11.8 Å². The summed E-state index contributed by atoms with van der Waals surface area (Å²) in [5.41, 5.74) is 0. The van der Waals surface area contributed by atoms with Gasteiger partial charge >= 0.3 is 0 Å². The van der Waals surface area contributed by atoms with Gasteiger partial charge in [-0.1, -0.05) is 27.7 Å². The molecule has 1 N–H and O–H groups in total. The monoisotopic (exact) mass is 492 g/mol. The van der Waals surface area contributed by atoms with E-state index in [-0.39, 0.29) is 23.9 Å². The molecule has 8 heteroatoms. The Morgan fingerprint density at radius 3 is 2.37 bits per heavy atom. The second kappa shape index (κ2) is 11.4. The Kier molecular flexibility index (Phi) is 8.78. The van der Waals surface area contributed by atoms with Crippen LogP contribution < -0.4 is 5.32 Å². The number of carbonyl (C=O) groups excluding carboxylic acids is 2. The van der Waals surface area contributed by atoms with Crippen molar-refractivity contribution < 1.29 is 19.1 Å². The maximum absolute atomic E-state index is 13.9. The molecular weight excluding hydrogens is 444 g/mol. The van der Waals surface area contributed by atoms with E-state index in [9.17, 15) is 9.59 Å². The largest absolute Gasteiger partial charge is 0.349 e. The van der Waals surface area contributed by atoms with Crippen molar-refractivity contribution >= 4 is 11.8 Å². The van der Waals surface area contributed by atoms with E-state index in [1.807, 2.05) is 9.80 Å². The van der Waals surface area contributed by atoms with E-state index >= 15 is 0 Å². The molecule has 0 bridgehead atoms. The number of piperazine rings is 1. The number of hydrogen-bond acceptors (Lipinski definition) is 6. The molecule has 1 spiro atoms. The van der Waals surface area contributed by atoms with Crippen molar-refractivity contribution in [2.24, 2.45) is 17.8 Å². The van der Waals surface area contributed by atoms with Crippen molar-refractivity contribution in [3.63, 3.8) is 0 Å². The fourth-order valence-electron chi connectivity index (χ4n) is 6.15. The molecule has 8 nitrogen and oxygen atoms in total. The van der Waals surface area contributed by atoms with Crippen molar-refractivity contribution in [3.05, 3.63) is 0 Å². The maximum Gasteiger partial charge on any atom is 0.245 e. The van der Waals surface area contributed by atoms with Crippen molar-refractivity contribution in [2.45, 2.75) is 90.6 Å². The van der Waals surface area contributed by atoms with Crippen LogP contribution in [0.15, 0.2) is 0 Å². The number of rotatable bonds is 8. The van der Waals surface area contributed by atoms with Gasteiger partial charge in [-0.15, -0.1) is 0 Å². The molecule has 0 unspecified atom stereocenters. The SMILES string of the molecule is CC(C)C[C@@H]1NCCN([C@@H](CC(C)C)C(=O)N2CC[C@]3(C[C@@H]2C)OC[C@@H](CN2CCC2)CO3)C1=O. The Hall–Kier alpha value is -1.22. The molecule has 4 aliphatic heterocycles. The Bertz CT molecular complexity index is 733. The molecule has 4 rings (SSSR count). The second-order valence-electron chi connectivity index (χ2n) is 12.2. The zero-order chi connectivity index (χ0) is 25.2. The van der Waals surface area contributed by atoms with Crippen LogP contribution in [-0.4, -0.2) is 103 Å². The zero-order valence-corrected chi connectivity index (χ0v) is 22.6. The fourth-order valence-corrected chi connectivity index (χ4v) is 6.15. The third kappa shape index (κ3) is 6.38. The van der Waals surface area contributed by atoms with Crippen LogP contribution in [0.2, 0.25) is 0 Å². The first-order valence-electron chi connectivity index (χ1n) is 14.0. The van der Waals surface area contributed by atoms with Crippen molar-refractivity contribution in [1.29, 1.82) is 0 Å². The molecule has 4 aliphatic rings. The van der Waals surface area contributed by atoms with E-state index in [2.05, 4.69) is 44.8 Å². The molecule has 0 radical (unpaired) electrons. The van der Waals surface area contributed by atoms with Crippen molar-refractivity contribution in [1.82, 2.24) is 20.0 Å². The maximum atomic E-state index is 13.9. The second-order valence-corrected chi connectivity index (χ2v) is 12.2. The summed E-state index contributed by atoms with van der Waals surface area (Å²) in [5.74, 6) is 0.791. The van der Waals surface area contributed by atoms with Crippen LogP contribution in [-0.2, 0) is 19.1 Å². The smallest absolute Gasteiger partial charge is 0.245 e. The molecule has 35 heavy (non-hydrogen) atoms. The highest BCUT2D eigenvalue weighted by molar-refractivity contribution is 5.90. The minimum Gasteiger partial charge on any atom is -0.349 e. The molecule has 0 saturated carbocycles. The minimum atomic E-state index is -0.567. The number of carbonyl (C=O) groups is 2. The molecule has 0 aliphatic carbocycles. The van der Waals surface area contributed by atoms with Crippen LogP contribution in [0.4, 0.5) is 0 Å². The highest BCUT2D eigenvalue weighted by atomic mass is 16.7. The van der Waals surface area contributed by atoms with Gasteiger partial charge < -0.3 is 29.5 Å². The third-order valence-corrected chi connectivity index (χ3v) is 8.17. The van der Waals surface area contributed by atoms with Gasteiger partial charge in [0, 0.05) is 51.0 Å². The first kappa shape index (κ1) is 26.8. The number of amides is 2. The van der Waals surface area contributed by atoms with Crippen molar-refractivity contribution in [3.8, 4) is 0 Å². The van der Waals surface area contributed by atoms with Crippen LogP contribution in [0.3, 0.4) is 0 Å². The highest BCUT2D eigenvalue weighted by Crippen LogP contribution is 2.36. The number of nitrogens with one attached hydrogen (secondary N) is 1. The van der Waals surface area contributed by atoms with Crippen LogP contribution in [0.5, 0.6) is 0 Å². The van der Waals surface area contributed by atoms with Gasteiger partial charge in [-0.3, -0.25) is 9.59 Å². The Morgan fingerprint density at radius 1 is 1.09 bits per heavy atom. The van der Waals surface area contributed by atoms with Crippen LogP contribution >= 0.6 is 0 Å². The van der Waals surface area contributed by atoms with Gasteiger partial charge in [0.15, 0.2) is 5.79 Å². The summed E-state index contributed by atoms with van der Waals surface area (Å²) in [6.07, 6.45) is 4.18. The van der Waals surface area contributed by atoms with Gasteiger partial charge in [0.05, 0.1) is 19.3 Å². The van der Waals surface area contributed by atoms with Gasteiger partial charge in [-0.05, 0) is 51.1 Å². The predicted molar refractivity (Wildman–Crippen MR) is 136 cm³/mol. The normalized spacial score (nSPS) is 33.5.